The molecule has 0 aliphatic rings. The molecule has 0 aromatic carbocycles. The van der Waals surface area contributed by atoms with Crippen molar-refractivity contribution in [3.05, 3.63) is 5.21 Å². The maximum atomic E-state index is 10.4. The smallest absolute Gasteiger partial charge is 0.0791 e. The van der Waals surface area contributed by atoms with Crippen LogP contribution in [-0.4, -0.2) is 13.6 Å². The number of hydrogen-bond donors (Lipinski definition) is 1. The van der Waals surface area contributed by atoms with Crippen molar-refractivity contribution in [1.29, 1.82) is 0 Å². The summed E-state index contributed by atoms with van der Waals surface area (Å²) in [6, 6.07) is 0. The third-order valence-electron chi connectivity index (χ3n) is 1.33. The molecule has 0 aromatic heterocycles. The van der Waals surface area contributed by atoms with Crippen LogP contribution in [0.5, 0.6) is 0 Å². The lowest BCUT2D eigenvalue weighted by Gasteiger charge is -2.19. The topological polar surface area (TPSA) is 27.5 Å². The lowest BCUT2D eigenvalue weighted by molar-refractivity contribution is -0.829. The predicted octanol–water partition coefficient (Wildman–Crippen LogP) is 0.0450. The van der Waals surface area contributed by atoms with Gasteiger partial charge in [-0.05, 0) is 6.42 Å². The van der Waals surface area contributed by atoms with E-state index in [0.29, 0.717) is 11.0 Å². The second-order valence-electron chi connectivity index (χ2n) is 2.42. The summed E-state index contributed by atoms with van der Waals surface area (Å²) in [5.41, 5.74) is 0. The molecular formula is C6H15NO. The van der Waals surface area contributed by atoms with Crippen LogP contribution in [0, 0.1) is 11.1 Å². The Hall–Kier alpha value is -0.0800. The van der Waals surface area contributed by atoms with Gasteiger partial charge in [-0.2, -0.15) is 0 Å². The average molecular weight is 117 g/mol. The second-order valence-corrected chi connectivity index (χ2v) is 2.42. The molecule has 0 saturated heterocycles. The molecule has 0 heterocycles. The van der Waals surface area contributed by atoms with E-state index >= 15 is 0 Å². The Morgan fingerprint density at radius 3 is 2.25 bits per heavy atom. The second kappa shape index (κ2) is 3.87. The Morgan fingerprint density at radius 1 is 1.62 bits per heavy atom. The van der Waals surface area contributed by atoms with Crippen molar-refractivity contribution in [3.63, 3.8) is 0 Å². The third-order valence-corrected chi connectivity index (χ3v) is 1.33. The van der Waals surface area contributed by atoms with Crippen molar-refractivity contribution in [1.82, 2.24) is 0 Å². The Balaban J connectivity index is 3.10. The van der Waals surface area contributed by atoms with E-state index < -0.39 is 0 Å². The zero-order valence-electron chi connectivity index (χ0n) is 5.90. The van der Waals surface area contributed by atoms with Crippen LogP contribution in [0.25, 0.3) is 0 Å². The SMILES string of the molecule is CC[C@H](C)C[NH+](C)[O-]. The molecule has 8 heavy (non-hydrogen) atoms. The minimum absolute atomic E-state index is 0.305. The molecular weight excluding hydrogens is 102 g/mol. The molecule has 50 valence electrons. The monoisotopic (exact) mass is 117 g/mol. The van der Waals surface area contributed by atoms with Gasteiger partial charge in [-0.25, -0.2) is 0 Å². The summed E-state index contributed by atoms with van der Waals surface area (Å²) in [6.07, 6.45) is 1.11. The molecule has 2 nitrogen and oxygen atoms in total. The van der Waals surface area contributed by atoms with Crippen molar-refractivity contribution in [2.75, 3.05) is 13.6 Å². The van der Waals surface area contributed by atoms with Gasteiger partial charge in [-0.1, -0.05) is 13.8 Å². The van der Waals surface area contributed by atoms with Crippen molar-refractivity contribution in [2.45, 2.75) is 20.3 Å². The van der Waals surface area contributed by atoms with Gasteiger partial charge in [0.15, 0.2) is 0 Å². The van der Waals surface area contributed by atoms with Crippen LogP contribution in [0.15, 0.2) is 0 Å². The average Bonchev–Trinajstić information content (AvgIpc) is 1.65. The molecule has 0 bridgehead atoms. The van der Waals surface area contributed by atoms with E-state index in [-0.39, 0.29) is 0 Å². The van der Waals surface area contributed by atoms with Crippen molar-refractivity contribution < 1.29 is 5.06 Å². The third kappa shape index (κ3) is 4.09. The molecule has 1 unspecified atom stereocenters. The molecule has 0 spiro atoms. The van der Waals surface area contributed by atoms with E-state index in [1.165, 1.54) is 0 Å². The van der Waals surface area contributed by atoms with Crippen LogP contribution >= 0.6 is 0 Å². The molecule has 0 fully saturated rings. The quantitative estimate of drug-likeness (QED) is 0.519. The van der Waals surface area contributed by atoms with E-state index in [0.717, 1.165) is 13.0 Å². The van der Waals surface area contributed by atoms with Crippen LogP contribution in [0.3, 0.4) is 0 Å². The van der Waals surface area contributed by atoms with Gasteiger partial charge < -0.3 is 10.3 Å². The van der Waals surface area contributed by atoms with Crippen LogP contribution in [0.4, 0.5) is 0 Å². The zero-order valence-corrected chi connectivity index (χ0v) is 5.90. The summed E-state index contributed by atoms with van der Waals surface area (Å²) in [4.78, 5) is 0. The number of rotatable bonds is 3. The molecule has 0 radical (unpaired) electrons. The highest BCUT2D eigenvalue weighted by Gasteiger charge is 1.98. The Labute approximate surface area is 51.1 Å². The van der Waals surface area contributed by atoms with Gasteiger partial charge in [-0.15, -0.1) is 0 Å². The van der Waals surface area contributed by atoms with Crippen molar-refractivity contribution in [3.8, 4) is 0 Å². The first-order valence-electron chi connectivity index (χ1n) is 3.16. The zero-order chi connectivity index (χ0) is 6.57. The van der Waals surface area contributed by atoms with Gasteiger partial charge in [0.05, 0.1) is 13.6 Å². The Morgan fingerprint density at radius 2 is 2.12 bits per heavy atom. The number of hydrogen-bond acceptors (Lipinski definition) is 1. The van der Waals surface area contributed by atoms with Crippen LogP contribution in [0.1, 0.15) is 20.3 Å². The fraction of sp³-hybridized carbons (Fsp3) is 1.00. The molecule has 0 aromatic rings. The fourth-order valence-corrected chi connectivity index (χ4v) is 0.635. The summed E-state index contributed by atoms with van der Waals surface area (Å²) >= 11 is 0. The highest BCUT2D eigenvalue weighted by atomic mass is 16.5. The van der Waals surface area contributed by atoms with Crippen LogP contribution < -0.4 is 5.06 Å². The first kappa shape index (κ1) is 7.92. The Bertz CT molecular complexity index is 54.5. The standard InChI is InChI=1S/C6H15NO/c1-4-6(2)5-7(3)8/h6-7H,4-5H2,1-3H3/t6-/m0/s1. The molecule has 2 heteroatoms. The molecule has 0 aliphatic heterocycles. The van der Waals surface area contributed by atoms with Gasteiger partial charge in [-0.3, -0.25) is 0 Å². The molecule has 1 N–H and O–H groups in total. The minimum atomic E-state index is 0.305. The van der Waals surface area contributed by atoms with Crippen LogP contribution in [0.2, 0.25) is 0 Å². The number of hydroxylamine groups is 2. The Kier molecular flexibility index (Phi) is 3.83. The maximum absolute atomic E-state index is 10.4. The molecule has 0 rings (SSSR count). The predicted molar refractivity (Wildman–Crippen MR) is 34.6 cm³/mol. The largest absolute Gasteiger partial charge is 0.634 e. The summed E-state index contributed by atoms with van der Waals surface area (Å²) in [5.74, 6) is 0.576. The maximum Gasteiger partial charge on any atom is 0.0791 e. The van der Waals surface area contributed by atoms with Gasteiger partial charge >= 0.3 is 0 Å². The first-order valence-corrected chi connectivity index (χ1v) is 3.16. The normalized spacial score (nSPS) is 18.0. The number of quaternary nitrogens is 1. The number of nitrogens with one attached hydrogen (secondary N) is 1. The fourth-order valence-electron chi connectivity index (χ4n) is 0.635. The molecule has 0 saturated carbocycles. The first-order chi connectivity index (χ1) is 3.66. The lowest BCUT2D eigenvalue weighted by atomic mass is 10.1. The van der Waals surface area contributed by atoms with Gasteiger partial charge in [0.2, 0.25) is 0 Å². The molecule has 0 aliphatic carbocycles. The summed E-state index contributed by atoms with van der Waals surface area (Å²) < 4.78 is 0. The van der Waals surface area contributed by atoms with Crippen molar-refractivity contribution >= 4 is 0 Å². The minimum Gasteiger partial charge on any atom is -0.634 e. The molecule has 0 amide bonds. The van der Waals surface area contributed by atoms with Crippen molar-refractivity contribution in [2.24, 2.45) is 5.92 Å². The van der Waals surface area contributed by atoms with E-state index in [1.807, 2.05) is 0 Å². The molecule has 2 atom stereocenters. The van der Waals surface area contributed by atoms with E-state index in [2.05, 4.69) is 13.8 Å². The highest BCUT2D eigenvalue weighted by molar-refractivity contribution is 4.43. The summed E-state index contributed by atoms with van der Waals surface area (Å²) in [6.45, 7) is 4.95. The summed E-state index contributed by atoms with van der Waals surface area (Å²) in [7, 11) is 1.64. The van der Waals surface area contributed by atoms with E-state index in [9.17, 15) is 5.21 Å². The van der Waals surface area contributed by atoms with E-state index in [4.69, 9.17) is 0 Å². The van der Waals surface area contributed by atoms with Gasteiger partial charge in [0.25, 0.3) is 0 Å². The summed E-state index contributed by atoms with van der Waals surface area (Å²) in [5, 5.41) is 10.7. The van der Waals surface area contributed by atoms with Gasteiger partial charge in [0.1, 0.15) is 0 Å². The van der Waals surface area contributed by atoms with E-state index in [1.54, 1.807) is 7.05 Å². The van der Waals surface area contributed by atoms with Crippen LogP contribution in [-0.2, 0) is 0 Å². The van der Waals surface area contributed by atoms with Gasteiger partial charge in [0, 0.05) is 5.92 Å². The lowest BCUT2D eigenvalue weighted by Crippen LogP contribution is -3.04. The highest BCUT2D eigenvalue weighted by Crippen LogP contribution is 1.93.